The van der Waals surface area contributed by atoms with Crippen molar-refractivity contribution in [3.8, 4) is 0 Å². The van der Waals surface area contributed by atoms with E-state index in [9.17, 15) is 36.2 Å². The minimum Gasteiger partial charge on any atom is -0.456 e. The Labute approximate surface area is 140 Å². The standard InChI is InChI=1S/C16H18F6O3/c1-2-11(23)25-13-6-9-3-10(7-13)5-12(4-9,8-13)14(24,15(17,18)19)16(20,21)22/h2,9-10,24H,1,3-8H2. The zero-order valence-corrected chi connectivity index (χ0v) is 13.2. The molecule has 0 radical (unpaired) electrons. The third kappa shape index (κ3) is 2.49. The summed E-state index contributed by atoms with van der Waals surface area (Å²) in [6.45, 7) is 3.22. The molecule has 0 saturated heterocycles. The van der Waals surface area contributed by atoms with Crippen molar-refractivity contribution in [3.05, 3.63) is 12.7 Å². The first-order chi connectivity index (χ1) is 11.3. The molecule has 0 aromatic carbocycles. The second-order valence-electron chi connectivity index (χ2n) is 7.76. The van der Waals surface area contributed by atoms with Crippen LogP contribution in [0, 0.1) is 17.3 Å². The highest BCUT2D eigenvalue weighted by atomic mass is 19.4. The highest BCUT2D eigenvalue weighted by Crippen LogP contribution is 2.70. The SMILES string of the molecule is C=CC(=O)OC12CC3CC(C1)CC(C(O)(C(F)(F)F)C(F)(F)F)(C3)C2. The van der Waals surface area contributed by atoms with Crippen molar-refractivity contribution >= 4 is 5.97 Å². The van der Waals surface area contributed by atoms with Gasteiger partial charge in [0.15, 0.2) is 0 Å². The Balaban J connectivity index is 2.09. The fraction of sp³-hybridized carbons (Fsp3) is 0.812. The molecule has 9 heteroatoms. The Morgan fingerprint density at radius 2 is 1.52 bits per heavy atom. The zero-order chi connectivity index (χ0) is 18.9. The molecule has 2 atom stereocenters. The summed E-state index contributed by atoms with van der Waals surface area (Å²) in [5.74, 6) is -1.77. The molecule has 4 fully saturated rings. The number of hydrogen-bond acceptors (Lipinski definition) is 3. The van der Waals surface area contributed by atoms with Crippen molar-refractivity contribution in [2.75, 3.05) is 0 Å². The average Bonchev–Trinajstić information content (AvgIpc) is 2.41. The summed E-state index contributed by atoms with van der Waals surface area (Å²) in [4.78, 5) is 11.6. The highest BCUT2D eigenvalue weighted by Gasteiger charge is 2.82. The fourth-order valence-corrected chi connectivity index (χ4v) is 5.74. The van der Waals surface area contributed by atoms with Crippen molar-refractivity contribution in [1.29, 1.82) is 0 Å². The van der Waals surface area contributed by atoms with E-state index in [0.717, 1.165) is 6.08 Å². The van der Waals surface area contributed by atoms with E-state index in [1.807, 2.05) is 0 Å². The number of alkyl halides is 6. The lowest BCUT2D eigenvalue weighted by atomic mass is 9.43. The van der Waals surface area contributed by atoms with Gasteiger partial charge in [-0.05, 0) is 50.4 Å². The molecule has 0 amide bonds. The van der Waals surface area contributed by atoms with Crippen LogP contribution in [0.25, 0.3) is 0 Å². The van der Waals surface area contributed by atoms with E-state index in [1.165, 1.54) is 0 Å². The Morgan fingerprint density at radius 3 is 1.92 bits per heavy atom. The van der Waals surface area contributed by atoms with Crippen molar-refractivity contribution in [2.24, 2.45) is 17.3 Å². The van der Waals surface area contributed by atoms with Crippen LogP contribution in [0.15, 0.2) is 12.7 Å². The van der Waals surface area contributed by atoms with Gasteiger partial charge < -0.3 is 9.84 Å². The molecule has 142 valence electrons. The molecule has 2 unspecified atom stereocenters. The summed E-state index contributed by atoms with van der Waals surface area (Å²) in [5.41, 5.74) is -8.66. The summed E-state index contributed by atoms with van der Waals surface area (Å²) < 4.78 is 86.1. The monoisotopic (exact) mass is 372 g/mol. The normalized spacial score (nSPS) is 37.9. The Hall–Kier alpha value is -1.25. The summed E-state index contributed by atoms with van der Waals surface area (Å²) in [5, 5.41) is 10.0. The fourth-order valence-electron chi connectivity index (χ4n) is 5.74. The molecule has 0 spiro atoms. The molecule has 4 saturated carbocycles. The van der Waals surface area contributed by atoms with E-state index in [-0.39, 0.29) is 25.7 Å². The van der Waals surface area contributed by atoms with Crippen LogP contribution in [0.1, 0.15) is 38.5 Å². The topological polar surface area (TPSA) is 46.5 Å². The zero-order valence-electron chi connectivity index (χ0n) is 13.2. The third-order valence-electron chi connectivity index (χ3n) is 6.08. The number of ether oxygens (including phenoxy) is 1. The van der Waals surface area contributed by atoms with Gasteiger partial charge in [-0.15, -0.1) is 0 Å². The molecule has 0 aliphatic heterocycles. The van der Waals surface area contributed by atoms with Gasteiger partial charge in [0.2, 0.25) is 0 Å². The number of hydrogen-bond donors (Lipinski definition) is 1. The van der Waals surface area contributed by atoms with E-state index in [4.69, 9.17) is 4.74 Å². The Kier molecular flexibility index (Phi) is 3.81. The minimum absolute atomic E-state index is 0.219. The van der Waals surface area contributed by atoms with Crippen molar-refractivity contribution in [3.63, 3.8) is 0 Å². The van der Waals surface area contributed by atoms with Gasteiger partial charge in [-0.1, -0.05) is 6.58 Å². The number of carbonyl (C=O) groups excluding carboxylic acids is 1. The van der Waals surface area contributed by atoms with Crippen LogP contribution in [0.4, 0.5) is 26.3 Å². The summed E-state index contributed by atoms with van der Waals surface area (Å²) in [6.07, 6.45) is -11.4. The third-order valence-corrected chi connectivity index (χ3v) is 6.08. The number of rotatable bonds is 3. The van der Waals surface area contributed by atoms with Gasteiger partial charge in [-0.25, -0.2) is 4.79 Å². The maximum absolute atomic E-state index is 13.5. The van der Waals surface area contributed by atoms with Crippen LogP contribution >= 0.6 is 0 Å². The maximum atomic E-state index is 13.5. The van der Waals surface area contributed by atoms with Gasteiger partial charge in [0.05, 0.1) is 0 Å². The first-order valence-corrected chi connectivity index (χ1v) is 7.99. The van der Waals surface area contributed by atoms with Crippen LogP contribution in [0.3, 0.4) is 0 Å². The van der Waals surface area contributed by atoms with E-state index in [2.05, 4.69) is 6.58 Å². The summed E-state index contributed by atoms with van der Waals surface area (Å²) in [7, 11) is 0. The van der Waals surface area contributed by atoms with Crippen LogP contribution in [0.2, 0.25) is 0 Å². The summed E-state index contributed by atoms with van der Waals surface area (Å²) in [6, 6.07) is 0. The molecule has 0 heterocycles. The van der Waals surface area contributed by atoms with E-state index in [0.29, 0.717) is 6.42 Å². The Morgan fingerprint density at radius 1 is 1.04 bits per heavy atom. The van der Waals surface area contributed by atoms with Gasteiger partial charge >= 0.3 is 18.3 Å². The molecule has 4 aliphatic rings. The molecule has 4 bridgehead atoms. The number of esters is 1. The van der Waals surface area contributed by atoms with E-state index < -0.39 is 53.2 Å². The smallest absolute Gasteiger partial charge is 0.426 e. The largest absolute Gasteiger partial charge is 0.456 e. The molecule has 0 aromatic heterocycles. The van der Waals surface area contributed by atoms with Crippen molar-refractivity contribution < 1.29 is 41.0 Å². The predicted molar refractivity (Wildman–Crippen MR) is 73.2 cm³/mol. The lowest BCUT2D eigenvalue weighted by Crippen LogP contribution is -2.73. The van der Waals surface area contributed by atoms with E-state index in [1.54, 1.807) is 0 Å². The highest BCUT2D eigenvalue weighted by molar-refractivity contribution is 5.81. The van der Waals surface area contributed by atoms with Gasteiger partial charge in [0.1, 0.15) is 5.60 Å². The molecule has 4 aliphatic carbocycles. The van der Waals surface area contributed by atoms with Crippen molar-refractivity contribution in [2.45, 2.75) is 62.1 Å². The molecule has 3 nitrogen and oxygen atoms in total. The minimum atomic E-state index is -5.87. The first-order valence-electron chi connectivity index (χ1n) is 7.99. The van der Waals surface area contributed by atoms with Crippen molar-refractivity contribution in [1.82, 2.24) is 0 Å². The quantitative estimate of drug-likeness (QED) is 0.464. The van der Waals surface area contributed by atoms with E-state index >= 15 is 0 Å². The predicted octanol–water partition coefficient (Wildman–Crippen LogP) is 3.91. The van der Waals surface area contributed by atoms with Crippen LogP contribution in [0.5, 0.6) is 0 Å². The lowest BCUT2D eigenvalue weighted by molar-refractivity contribution is -0.422. The molecule has 25 heavy (non-hydrogen) atoms. The molecule has 1 N–H and O–H groups in total. The van der Waals surface area contributed by atoms with Gasteiger partial charge in [0, 0.05) is 11.5 Å². The average molecular weight is 372 g/mol. The lowest BCUT2D eigenvalue weighted by Gasteiger charge is -2.64. The number of aliphatic hydroxyl groups is 1. The molecule has 0 aromatic rings. The molecular weight excluding hydrogens is 354 g/mol. The first kappa shape index (κ1) is 18.5. The van der Waals surface area contributed by atoms with Gasteiger partial charge in [-0.3, -0.25) is 0 Å². The van der Waals surface area contributed by atoms with Crippen LogP contribution in [-0.2, 0) is 9.53 Å². The van der Waals surface area contributed by atoms with Crippen LogP contribution < -0.4 is 0 Å². The van der Waals surface area contributed by atoms with Gasteiger partial charge in [-0.2, -0.15) is 26.3 Å². The van der Waals surface area contributed by atoms with Crippen LogP contribution in [-0.4, -0.2) is 34.6 Å². The maximum Gasteiger partial charge on any atom is 0.426 e. The molecule has 4 rings (SSSR count). The molecular formula is C16H18F6O3. The number of halogens is 6. The second-order valence-corrected chi connectivity index (χ2v) is 7.76. The Bertz CT molecular complexity index is 566. The number of carbonyl (C=O) groups is 1. The second kappa shape index (κ2) is 5.14. The summed E-state index contributed by atoms with van der Waals surface area (Å²) >= 11 is 0. The van der Waals surface area contributed by atoms with Gasteiger partial charge in [0.25, 0.3) is 5.60 Å².